The number of pyridine rings is 1. The lowest BCUT2D eigenvalue weighted by molar-refractivity contribution is -0.221. The largest absolute Gasteiger partial charge is 0.404 e. The van der Waals surface area contributed by atoms with Crippen LogP contribution in [0, 0.1) is 5.41 Å². The SMILES string of the molecule is CN(Cc1cccnc1)C(=O)C1(C(F)(F)F)CCNC1. The second kappa shape index (κ2) is 5.40. The van der Waals surface area contributed by atoms with E-state index in [0.717, 1.165) is 4.90 Å². The van der Waals surface area contributed by atoms with Crippen LogP contribution in [0.25, 0.3) is 0 Å². The first-order valence-electron chi connectivity index (χ1n) is 6.29. The molecule has 1 N–H and O–H groups in total. The molecule has 0 bridgehead atoms. The van der Waals surface area contributed by atoms with Crippen molar-refractivity contribution in [3.05, 3.63) is 30.1 Å². The van der Waals surface area contributed by atoms with Crippen LogP contribution in [0.5, 0.6) is 0 Å². The number of nitrogens with one attached hydrogen (secondary N) is 1. The quantitative estimate of drug-likeness (QED) is 0.918. The molecule has 0 spiro atoms. The summed E-state index contributed by atoms with van der Waals surface area (Å²) in [5, 5.41) is 2.64. The minimum absolute atomic E-state index is 0.116. The predicted octanol–water partition coefficient (Wildman–Crippen LogP) is 1.58. The maximum absolute atomic E-state index is 13.3. The van der Waals surface area contributed by atoms with Crippen molar-refractivity contribution in [2.75, 3.05) is 20.1 Å². The number of aromatic nitrogens is 1. The van der Waals surface area contributed by atoms with Gasteiger partial charge in [0.1, 0.15) is 0 Å². The molecule has 0 aliphatic carbocycles. The summed E-state index contributed by atoms with van der Waals surface area (Å²) in [5.41, 5.74) is -1.60. The highest BCUT2D eigenvalue weighted by atomic mass is 19.4. The number of hydrogen-bond donors (Lipinski definition) is 1. The maximum atomic E-state index is 13.3. The van der Waals surface area contributed by atoms with Gasteiger partial charge in [-0.05, 0) is 24.6 Å². The molecule has 1 fully saturated rings. The Labute approximate surface area is 115 Å². The van der Waals surface area contributed by atoms with Crippen LogP contribution in [-0.4, -0.2) is 42.1 Å². The Morgan fingerprint density at radius 3 is 2.80 bits per heavy atom. The van der Waals surface area contributed by atoms with Crippen LogP contribution in [0.1, 0.15) is 12.0 Å². The minimum atomic E-state index is -4.54. The Bertz CT molecular complexity index is 469. The van der Waals surface area contributed by atoms with Gasteiger partial charge >= 0.3 is 6.18 Å². The van der Waals surface area contributed by atoms with Crippen molar-refractivity contribution in [3.8, 4) is 0 Å². The first-order chi connectivity index (χ1) is 9.37. The van der Waals surface area contributed by atoms with Crippen LogP contribution < -0.4 is 5.32 Å². The van der Waals surface area contributed by atoms with Crippen LogP contribution in [-0.2, 0) is 11.3 Å². The average molecular weight is 287 g/mol. The second-order valence-corrected chi connectivity index (χ2v) is 5.03. The third-order valence-electron chi connectivity index (χ3n) is 3.60. The van der Waals surface area contributed by atoms with Crippen LogP contribution in [0.15, 0.2) is 24.5 Å². The molecule has 1 aliphatic rings. The molecular formula is C13H16F3N3O. The highest BCUT2D eigenvalue weighted by molar-refractivity contribution is 5.84. The number of hydrogen-bond acceptors (Lipinski definition) is 3. The van der Waals surface area contributed by atoms with Crippen molar-refractivity contribution >= 4 is 5.91 Å². The zero-order valence-corrected chi connectivity index (χ0v) is 11.1. The molecule has 0 aromatic carbocycles. The zero-order valence-electron chi connectivity index (χ0n) is 11.1. The molecule has 1 aromatic rings. The number of nitrogens with zero attached hydrogens (tertiary/aromatic N) is 2. The predicted molar refractivity (Wildman–Crippen MR) is 66.7 cm³/mol. The molecule has 1 aliphatic heterocycles. The van der Waals surface area contributed by atoms with Gasteiger partial charge in [0.15, 0.2) is 5.41 Å². The molecule has 20 heavy (non-hydrogen) atoms. The van der Waals surface area contributed by atoms with Gasteiger partial charge in [-0.3, -0.25) is 9.78 Å². The standard InChI is InChI=1S/C13H16F3N3O/c1-19(8-10-3-2-5-17-7-10)11(20)12(13(14,15)16)4-6-18-9-12/h2-3,5,7,18H,4,6,8-9H2,1H3. The monoisotopic (exact) mass is 287 g/mol. The van der Waals surface area contributed by atoms with E-state index in [-0.39, 0.29) is 26.1 Å². The van der Waals surface area contributed by atoms with E-state index in [1.54, 1.807) is 18.3 Å². The van der Waals surface area contributed by atoms with Crippen molar-refractivity contribution in [1.82, 2.24) is 15.2 Å². The lowest BCUT2D eigenvalue weighted by Gasteiger charge is -2.33. The van der Waals surface area contributed by atoms with Crippen molar-refractivity contribution in [2.45, 2.75) is 19.1 Å². The summed E-state index contributed by atoms with van der Waals surface area (Å²) in [7, 11) is 1.39. The van der Waals surface area contributed by atoms with E-state index in [1.807, 2.05) is 0 Å². The lowest BCUT2D eigenvalue weighted by atomic mass is 9.84. The number of rotatable bonds is 3. The average Bonchev–Trinajstić information content (AvgIpc) is 2.89. The number of halogens is 3. The van der Waals surface area contributed by atoms with Gasteiger partial charge in [0.2, 0.25) is 5.91 Å². The van der Waals surface area contributed by atoms with Gasteiger partial charge in [-0.2, -0.15) is 13.2 Å². The van der Waals surface area contributed by atoms with Gasteiger partial charge in [-0.1, -0.05) is 6.07 Å². The van der Waals surface area contributed by atoms with Gasteiger partial charge in [-0.15, -0.1) is 0 Å². The van der Waals surface area contributed by atoms with Crippen molar-refractivity contribution in [2.24, 2.45) is 5.41 Å². The molecule has 7 heteroatoms. The summed E-state index contributed by atoms with van der Waals surface area (Å²) in [5.74, 6) is -0.890. The Morgan fingerprint density at radius 2 is 2.30 bits per heavy atom. The fourth-order valence-electron chi connectivity index (χ4n) is 2.44. The molecule has 1 aromatic heterocycles. The molecular weight excluding hydrogens is 271 g/mol. The van der Waals surface area contributed by atoms with Crippen LogP contribution in [0.3, 0.4) is 0 Å². The van der Waals surface area contributed by atoms with E-state index < -0.39 is 17.5 Å². The first kappa shape index (κ1) is 14.8. The Morgan fingerprint density at radius 1 is 1.55 bits per heavy atom. The first-order valence-corrected chi connectivity index (χ1v) is 6.29. The molecule has 0 saturated carbocycles. The summed E-state index contributed by atoms with van der Waals surface area (Å²) < 4.78 is 39.8. The van der Waals surface area contributed by atoms with E-state index in [9.17, 15) is 18.0 Å². The highest BCUT2D eigenvalue weighted by Gasteiger charge is 2.62. The number of alkyl halides is 3. The fraction of sp³-hybridized carbons (Fsp3) is 0.538. The van der Waals surface area contributed by atoms with E-state index in [4.69, 9.17) is 0 Å². The van der Waals surface area contributed by atoms with E-state index in [0.29, 0.717) is 5.56 Å². The van der Waals surface area contributed by atoms with E-state index >= 15 is 0 Å². The van der Waals surface area contributed by atoms with Gasteiger partial charge in [0, 0.05) is 32.5 Å². The van der Waals surface area contributed by atoms with E-state index in [1.165, 1.54) is 13.2 Å². The van der Waals surface area contributed by atoms with Crippen molar-refractivity contribution in [3.63, 3.8) is 0 Å². The summed E-state index contributed by atoms with van der Waals surface area (Å²) in [4.78, 5) is 17.3. The molecule has 1 unspecified atom stereocenters. The molecule has 2 rings (SSSR count). The third-order valence-corrected chi connectivity index (χ3v) is 3.60. The van der Waals surface area contributed by atoms with Crippen LogP contribution >= 0.6 is 0 Å². The topological polar surface area (TPSA) is 45.2 Å². The molecule has 2 heterocycles. The van der Waals surface area contributed by atoms with Gasteiger partial charge < -0.3 is 10.2 Å². The second-order valence-electron chi connectivity index (χ2n) is 5.03. The van der Waals surface area contributed by atoms with Crippen LogP contribution in [0.4, 0.5) is 13.2 Å². The summed E-state index contributed by atoms with van der Waals surface area (Å²) in [6.07, 6.45) is -1.65. The van der Waals surface area contributed by atoms with Gasteiger partial charge in [-0.25, -0.2) is 0 Å². The Hall–Kier alpha value is -1.63. The number of amides is 1. The lowest BCUT2D eigenvalue weighted by Crippen LogP contribution is -2.52. The Kier molecular flexibility index (Phi) is 3.99. The summed E-state index contributed by atoms with van der Waals surface area (Å²) >= 11 is 0. The molecule has 110 valence electrons. The normalized spacial score (nSPS) is 22.8. The molecule has 1 saturated heterocycles. The third kappa shape index (κ3) is 2.63. The molecule has 0 radical (unpaired) electrons. The number of carbonyl (C=O) groups is 1. The molecule has 1 amide bonds. The van der Waals surface area contributed by atoms with Gasteiger partial charge in [0.25, 0.3) is 0 Å². The molecule has 4 nitrogen and oxygen atoms in total. The maximum Gasteiger partial charge on any atom is 0.404 e. The highest BCUT2D eigenvalue weighted by Crippen LogP contribution is 2.44. The number of carbonyl (C=O) groups excluding carboxylic acids is 1. The zero-order chi connectivity index (χ0) is 14.8. The van der Waals surface area contributed by atoms with Gasteiger partial charge in [0.05, 0.1) is 0 Å². The van der Waals surface area contributed by atoms with Crippen LogP contribution in [0.2, 0.25) is 0 Å². The van der Waals surface area contributed by atoms with E-state index in [2.05, 4.69) is 10.3 Å². The van der Waals surface area contributed by atoms with Crippen molar-refractivity contribution < 1.29 is 18.0 Å². The fourth-order valence-corrected chi connectivity index (χ4v) is 2.44. The summed E-state index contributed by atoms with van der Waals surface area (Å²) in [6.45, 7) is -0.0385. The smallest absolute Gasteiger partial charge is 0.341 e. The minimum Gasteiger partial charge on any atom is -0.341 e. The summed E-state index contributed by atoms with van der Waals surface area (Å²) in [6, 6.07) is 3.41. The molecule has 1 atom stereocenters. The Balaban J connectivity index is 2.16. The van der Waals surface area contributed by atoms with Crippen molar-refractivity contribution in [1.29, 1.82) is 0 Å².